The molecule has 0 spiro atoms. The number of aromatic nitrogens is 3. The molecule has 2 aromatic rings. The van der Waals surface area contributed by atoms with Crippen molar-refractivity contribution in [2.75, 3.05) is 13.1 Å². The Morgan fingerprint density at radius 1 is 1.44 bits per heavy atom. The van der Waals surface area contributed by atoms with E-state index < -0.39 is 0 Å². The van der Waals surface area contributed by atoms with E-state index in [1.807, 2.05) is 0 Å². The average Bonchev–Trinajstić information content (AvgIpc) is 2.83. The van der Waals surface area contributed by atoms with E-state index >= 15 is 0 Å². The second kappa shape index (κ2) is 3.68. The van der Waals surface area contributed by atoms with Gasteiger partial charge in [-0.05, 0) is 25.1 Å². The van der Waals surface area contributed by atoms with Gasteiger partial charge in [-0.3, -0.25) is 9.36 Å². The van der Waals surface area contributed by atoms with E-state index in [-0.39, 0.29) is 11.6 Å². The highest BCUT2D eigenvalue weighted by Crippen LogP contribution is 2.13. The SMILES string of the molecule is O=c1c2cccnc2ncn1C1CCNC1. The third-order valence-electron chi connectivity index (χ3n) is 2.98. The zero-order valence-electron chi connectivity index (χ0n) is 8.76. The maximum atomic E-state index is 12.2. The summed E-state index contributed by atoms with van der Waals surface area (Å²) in [5.74, 6) is 0. The minimum absolute atomic E-state index is 0.00630. The van der Waals surface area contributed by atoms with Gasteiger partial charge in [0.2, 0.25) is 0 Å². The Labute approximate surface area is 92.1 Å². The van der Waals surface area contributed by atoms with E-state index in [0.717, 1.165) is 19.5 Å². The molecule has 0 aromatic carbocycles. The van der Waals surface area contributed by atoms with Gasteiger partial charge in [0.1, 0.15) is 6.33 Å². The second-order valence-corrected chi connectivity index (χ2v) is 3.98. The van der Waals surface area contributed by atoms with Gasteiger partial charge in [-0.15, -0.1) is 0 Å². The maximum absolute atomic E-state index is 12.2. The average molecular weight is 216 g/mol. The van der Waals surface area contributed by atoms with Crippen LogP contribution in [-0.2, 0) is 0 Å². The van der Waals surface area contributed by atoms with Crippen LogP contribution in [0.25, 0.3) is 11.0 Å². The van der Waals surface area contributed by atoms with Gasteiger partial charge in [0.25, 0.3) is 5.56 Å². The zero-order chi connectivity index (χ0) is 11.0. The van der Waals surface area contributed by atoms with Gasteiger partial charge in [-0.1, -0.05) is 0 Å². The molecular formula is C11H12N4O. The summed E-state index contributed by atoms with van der Waals surface area (Å²) in [5.41, 5.74) is 0.529. The molecule has 1 unspecified atom stereocenters. The molecule has 1 aliphatic rings. The predicted molar refractivity (Wildman–Crippen MR) is 60.3 cm³/mol. The van der Waals surface area contributed by atoms with Crippen LogP contribution < -0.4 is 10.9 Å². The first-order valence-electron chi connectivity index (χ1n) is 5.39. The van der Waals surface area contributed by atoms with Gasteiger partial charge in [-0.2, -0.15) is 0 Å². The molecule has 16 heavy (non-hydrogen) atoms. The summed E-state index contributed by atoms with van der Waals surface area (Å²) >= 11 is 0. The molecule has 5 heteroatoms. The van der Waals surface area contributed by atoms with Crippen LogP contribution in [0, 0.1) is 0 Å². The first-order valence-corrected chi connectivity index (χ1v) is 5.39. The number of nitrogens with zero attached hydrogens (tertiary/aromatic N) is 3. The topological polar surface area (TPSA) is 59.8 Å². The van der Waals surface area contributed by atoms with Crippen LogP contribution in [0.5, 0.6) is 0 Å². The number of pyridine rings is 1. The lowest BCUT2D eigenvalue weighted by Crippen LogP contribution is -2.26. The Balaban J connectivity index is 2.19. The maximum Gasteiger partial charge on any atom is 0.263 e. The quantitative estimate of drug-likeness (QED) is 0.746. The summed E-state index contributed by atoms with van der Waals surface area (Å²) in [7, 11) is 0. The van der Waals surface area contributed by atoms with Crippen molar-refractivity contribution in [3.05, 3.63) is 35.0 Å². The third kappa shape index (κ3) is 1.40. The molecule has 0 radical (unpaired) electrons. The van der Waals surface area contributed by atoms with Crippen LogP contribution in [0.3, 0.4) is 0 Å². The molecule has 1 saturated heterocycles. The van der Waals surface area contributed by atoms with Gasteiger partial charge in [-0.25, -0.2) is 9.97 Å². The van der Waals surface area contributed by atoms with Crippen molar-refractivity contribution in [3.8, 4) is 0 Å². The fourth-order valence-electron chi connectivity index (χ4n) is 2.11. The molecule has 82 valence electrons. The molecule has 0 saturated carbocycles. The van der Waals surface area contributed by atoms with Gasteiger partial charge in [0.05, 0.1) is 11.4 Å². The summed E-state index contributed by atoms with van der Waals surface area (Å²) in [4.78, 5) is 20.5. The molecule has 3 rings (SSSR count). The van der Waals surface area contributed by atoms with Crippen LogP contribution in [0.4, 0.5) is 0 Å². The molecule has 0 aliphatic carbocycles. The fourth-order valence-corrected chi connectivity index (χ4v) is 2.11. The first kappa shape index (κ1) is 9.47. The highest BCUT2D eigenvalue weighted by molar-refractivity contribution is 5.72. The first-order chi connectivity index (χ1) is 7.86. The van der Waals surface area contributed by atoms with Crippen LogP contribution >= 0.6 is 0 Å². The number of hydrogen-bond acceptors (Lipinski definition) is 4. The summed E-state index contributed by atoms with van der Waals surface area (Å²) < 4.78 is 1.71. The second-order valence-electron chi connectivity index (χ2n) is 3.98. The number of fused-ring (bicyclic) bond motifs is 1. The Morgan fingerprint density at radius 2 is 2.38 bits per heavy atom. The molecule has 0 amide bonds. The summed E-state index contributed by atoms with van der Waals surface area (Å²) in [6, 6.07) is 3.77. The van der Waals surface area contributed by atoms with E-state index in [9.17, 15) is 4.79 Å². The summed E-state index contributed by atoms with van der Waals surface area (Å²) in [6.45, 7) is 1.80. The zero-order valence-corrected chi connectivity index (χ0v) is 8.76. The molecule has 0 bridgehead atoms. The standard InChI is InChI=1S/C11H12N4O/c16-11-9-2-1-4-13-10(9)14-7-15(11)8-3-5-12-6-8/h1-2,4,7-8,12H,3,5-6H2. The fraction of sp³-hybridized carbons (Fsp3) is 0.364. The molecule has 1 atom stereocenters. The Kier molecular flexibility index (Phi) is 2.18. The highest BCUT2D eigenvalue weighted by atomic mass is 16.1. The molecule has 5 nitrogen and oxygen atoms in total. The molecule has 1 aliphatic heterocycles. The van der Waals surface area contributed by atoms with E-state index in [2.05, 4.69) is 15.3 Å². The van der Waals surface area contributed by atoms with Gasteiger partial charge < -0.3 is 5.32 Å². The van der Waals surface area contributed by atoms with Crippen molar-refractivity contribution in [1.82, 2.24) is 19.9 Å². The van der Waals surface area contributed by atoms with Gasteiger partial charge >= 0.3 is 0 Å². The third-order valence-corrected chi connectivity index (χ3v) is 2.98. The van der Waals surface area contributed by atoms with Crippen molar-refractivity contribution in [1.29, 1.82) is 0 Å². The van der Waals surface area contributed by atoms with Crippen LogP contribution in [0.15, 0.2) is 29.5 Å². The molecule has 3 heterocycles. The Bertz CT molecular complexity index is 571. The predicted octanol–water partition coefficient (Wildman–Crippen LogP) is 0.326. The largest absolute Gasteiger partial charge is 0.315 e. The lowest BCUT2D eigenvalue weighted by atomic mass is 10.2. The molecule has 1 N–H and O–H groups in total. The van der Waals surface area contributed by atoms with E-state index in [1.54, 1.807) is 29.2 Å². The number of nitrogens with one attached hydrogen (secondary N) is 1. The van der Waals surface area contributed by atoms with Crippen LogP contribution in [0.2, 0.25) is 0 Å². The lowest BCUT2D eigenvalue weighted by molar-refractivity contribution is 0.525. The van der Waals surface area contributed by atoms with Gasteiger partial charge in [0.15, 0.2) is 5.65 Å². The van der Waals surface area contributed by atoms with Crippen molar-refractivity contribution in [3.63, 3.8) is 0 Å². The monoisotopic (exact) mass is 216 g/mol. The normalized spacial score (nSPS) is 20.4. The molecule has 1 fully saturated rings. The summed E-state index contributed by atoms with van der Waals surface area (Å²) in [5, 5.41) is 3.84. The van der Waals surface area contributed by atoms with Crippen molar-refractivity contribution >= 4 is 11.0 Å². The van der Waals surface area contributed by atoms with Crippen molar-refractivity contribution in [2.24, 2.45) is 0 Å². The smallest absolute Gasteiger partial charge is 0.263 e. The molecular weight excluding hydrogens is 204 g/mol. The number of hydrogen-bond donors (Lipinski definition) is 1. The number of rotatable bonds is 1. The van der Waals surface area contributed by atoms with Crippen molar-refractivity contribution < 1.29 is 0 Å². The highest BCUT2D eigenvalue weighted by Gasteiger charge is 2.18. The summed E-state index contributed by atoms with van der Waals surface area (Å²) in [6.07, 6.45) is 4.24. The minimum atomic E-state index is 0.00630. The van der Waals surface area contributed by atoms with E-state index in [0.29, 0.717) is 11.0 Å². The van der Waals surface area contributed by atoms with Gasteiger partial charge in [0, 0.05) is 12.7 Å². The Morgan fingerprint density at radius 3 is 3.19 bits per heavy atom. The minimum Gasteiger partial charge on any atom is -0.315 e. The van der Waals surface area contributed by atoms with Crippen LogP contribution in [-0.4, -0.2) is 27.6 Å². The molecule has 2 aromatic heterocycles. The van der Waals surface area contributed by atoms with Crippen LogP contribution in [0.1, 0.15) is 12.5 Å². The van der Waals surface area contributed by atoms with Crippen molar-refractivity contribution in [2.45, 2.75) is 12.5 Å². The van der Waals surface area contributed by atoms with E-state index in [4.69, 9.17) is 0 Å². The van der Waals surface area contributed by atoms with E-state index in [1.165, 1.54) is 0 Å². The lowest BCUT2D eigenvalue weighted by Gasteiger charge is -2.12. The Hall–Kier alpha value is -1.75.